The molecule has 0 radical (unpaired) electrons. The number of aryl methyl sites for hydroxylation is 4. The van der Waals surface area contributed by atoms with Crippen molar-refractivity contribution in [3.63, 3.8) is 0 Å². The van der Waals surface area contributed by atoms with Crippen LogP contribution in [0.2, 0.25) is 0 Å². The van der Waals surface area contributed by atoms with Crippen LogP contribution in [0.1, 0.15) is 54.1 Å². The van der Waals surface area contributed by atoms with E-state index < -0.39 is 0 Å². The molecular formula is C32H36N2O2. The quantitative estimate of drug-likeness (QED) is 0.261. The number of hydrogen-bond donors (Lipinski definition) is 0. The Hall–Kier alpha value is -3.92. The summed E-state index contributed by atoms with van der Waals surface area (Å²) in [5.74, 6) is -0.0452. The number of allylic oxidation sites excluding steroid dienone is 2. The van der Waals surface area contributed by atoms with E-state index in [9.17, 15) is 9.59 Å². The Labute approximate surface area is 215 Å². The molecule has 0 saturated carbocycles. The highest BCUT2D eigenvalue weighted by atomic mass is 16.1. The minimum atomic E-state index is -0.0226. The van der Waals surface area contributed by atoms with Gasteiger partial charge in [0.2, 0.25) is 0 Å². The van der Waals surface area contributed by atoms with Crippen LogP contribution in [0.4, 0.5) is 11.4 Å². The summed E-state index contributed by atoms with van der Waals surface area (Å²) in [6.45, 7) is 8.06. The maximum absolute atomic E-state index is 12.8. The first-order chi connectivity index (χ1) is 17.0. The zero-order valence-electron chi connectivity index (χ0n) is 22.6. The van der Waals surface area contributed by atoms with Crippen molar-refractivity contribution in [3.8, 4) is 0 Å². The van der Waals surface area contributed by atoms with Gasteiger partial charge in [0.15, 0.2) is 11.6 Å². The molecule has 0 amide bonds. The van der Waals surface area contributed by atoms with Crippen LogP contribution in [-0.2, 0) is 0 Å². The van der Waals surface area contributed by atoms with Gasteiger partial charge in [0, 0.05) is 50.7 Å². The average molecular weight is 481 g/mol. The number of ketones is 2. The summed E-state index contributed by atoms with van der Waals surface area (Å²) in [5.41, 5.74) is 9.76. The molecule has 4 nitrogen and oxygen atoms in total. The molecule has 0 aliphatic heterocycles. The maximum Gasteiger partial charge on any atom is 0.185 e. The predicted octanol–water partition coefficient (Wildman–Crippen LogP) is 6.84. The minimum Gasteiger partial charge on any atom is -0.377 e. The van der Waals surface area contributed by atoms with Gasteiger partial charge in [-0.15, -0.1) is 0 Å². The lowest BCUT2D eigenvalue weighted by atomic mass is 9.97. The topological polar surface area (TPSA) is 40.6 Å². The van der Waals surface area contributed by atoms with Gasteiger partial charge in [-0.3, -0.25) is 9.59 Å². The molecule has 3 aromatic carbocycles. The number of hydrogen-bond acceptors (Lipinski definition) is 4. The number of rotatable bonds is 8. The lowest BCUT2D eigenvalue weighted by Gasteiger charge is -2.15. The Bertz CT molecular complexity index is 1260. The number of nitrogens with zero attached hydrogens (tertiary/aromatic N) is 2. The van der Waals surface area contributed by atoms with Crippen molar-refractivity contribution >= 4 is 35.1 Å². The second kappa shape index (κ2) is 11.2. The molecule has 0 unspecified atom stereocenters. The largest absolute Gasteiger partial charge is 0.377 e. The summed E-state index contributed by atoms with van der Waals surface area (Å²) < 4.78 is 0. The monoisotopic (exact) mass is 480 g/mol. The number of anilines is 2. The van der Waals surface area contributed by atoms with E-state index in [0.29, 0.717) is 11.1 Å². The lowest BCUT2D eigenvalue weighted by Crippen LogP contribution is -2.10. The fourth-order valence-corrected chi connectivity index (χ4v) is 4.36. The minimum absolute atomic E-state index is 0.0226. The van der Waals surface area contributed by atoms with Crippen LogP contribution in [0.25, 0.3) is 12.2 Å². The van der Waals surface area contributed by atoms with Gasteiger partial charge in [0.1, 0.15) is 0 Å². The van der Waals surface area contributed by atoms with Crippen molar-refractivity contribution in [1.82, 2.24) is 0 Å². The number of carbonyl (C=O) groups excluding carboxylic acids is 2. The molecule has 0 fully saturated rings. The third-order valence-electron chi connectivity index (χ3n) is 6.41. The van der Waals surface area contributed by atoms with Crippen molar-refractivity contribution in [2.24, 2.45) is 0 Å². The normalized spacial score (nSPS) is 11.3. The van der Waals surface area contributed by atoms with Crippen molar-refractivity contribution in [1.29, 1.82) is 0 Å². The van der Waals surface area contributed by atoms with Gasteiger partial charge in [-0.25, -0.2) is 0 Å². The Morgan fingerprint density at radius 3 is 1.22 bits per heavy atom. The van der Waals surface area contributed by atoms with Gasteiger partial charge in [-0.2, -0.15) is 0 Å². The van der Waals surface area contributed by atoms with Crippen molar-refractivity contribution in [2.45, 2.75) is 27.7 Å². The van der Waals surface area contributed by atoms with Gasteiger partial charge in [-0.05, 0) is 110 Å². The van der Waals surface area contributed by atoms with E-state index in [-0.39, 0.29) is 11.6 Å². The average Bonchev–Trinajstić information content (AvgIpc) is 2.82. The Morgan fingerprint density at radius 1 is 0.556 bits per heavy atom. The molecule has 0 N–H and O–H groups in total. The second-order valence-corrected chi connectivity index (χ2v) is 9.75. The van der Waals surface area contributed by atoms with Gasteiger partial charge in [0.05, 0.1) is 0 Å². The second-order valence-electron chi connectivity index (χ2n) is 9.75. The van der Waals surface area contributed by atoms with Crippen LogP contribution in [-0.4, -0.2) is 39.8 Å². The summed E-state index contributed by atoms with van der Waals surface area (Å²) in [7, 11) is 7.97. The summed E-state index contributed by atoms with van der Waals surface area (Å²) in [6.07, 6.45) is 7.00. The number of benzene rings is 3. The van der Waals surface area contributed by atoms with E-state index in [1.807, 2.05) is 114 Å². The van der Waals surface area contributed by atoms with E-state index in [4.69, 9.17) is 0 Å². The molecule has 0 saturated heterocycles. The van der Waals surface area contributed by atoms with E-state index in [1.165, 1.54) is 0 Å². The van der Waals surface area contributed by atoms with Gasteiger partial charge >= 0.3 is 0 Å². The van der Waals surface area contributed by atoms with Crippen LogP contribution < -0.4 is 9.80 Å². The zero-order valence-corrected chi connectivity index (χ0v) is 22.6. The molecule has 4 heteroatoms. The predicted molar refractivity (Wildman–Crippen MR) is 154 cm³/mol. The molecule has 0 bridgehead atoms. The van der Waals surface area contributed by atoms with Gasteiger partial charge in [-0.1, -0.05) is 24.3 Å². The Kier molecular flexibility index (Phi) is 8.31. The summed E-state index contributed by atoms with van der Waals surface area (Å²) >= 11 is 0. The first kappa shape index (κ1) is 26.7. The molecule has 186 valence electrons. The molecule has 36 heavy (non-hydrogen) atoms. The zero-order chi connectivity index (χ0) is 26.6. The summed E-state index contributed by atoms with van der Waals surface area (Å²) in [6, 6.07) is 15.7. The Balaban J connectivity index is 1.76. The van der Waals surface area contributed by atoms with Crippen LogP contribution >= 0.6 is 0 Å². The fourth-order valence-electron chi connectivity index (χ4n) is 4.36. The molecule has 3 rings (SSSR count). The van der Waals surface area contributed by atoms with Crippen molar-refractivity contribution in [3.05, 3.63) is 105 Å². The van der Waals surface area contributed by atoms with Gasteiger partial charge < -0.3 is 9.80 Å². The Morgan fingerprint density at radius 2 is 0.917 bits per heavy atom. The molecule has 0 atom stereocenters. The van der Waals surface area contributed by atoms with Crippen LogP contribution in [0, 0.1) is 27.7 Å². The van der Waals surface area contributed by atoms with Crippen LogP contribution in [0.3, 0.4) is 0 Å². The van der Waals surface area contributed by atoms with E-state index in [0.717, 1.165) is 44.8 Å². The maximum atomic E-state index is 12.8. The van der Waals surface area contributed by atoms with Crippen molar-refractivity contribution < 1.29 is 9.59 Å². The highest BCUT2D eigenvalue weighted by Crippen LogP contribution is 2.23. The highest BCUT2D eigenvalue weighted by molar-refractivity contribution is 6.08. The summed E-state index contributed by atoms with van der Waals surface area (Å²) in [4.78, 5) is 29.6. The highest BCUT2D eigenvalue weighted by Gasteiger charge is 2.09. The summed E-state index contributed by atoms with van der Waals surface area (Å²) in [5, 5.41) is 0. The van der Waals surface area contributed by atoms with Crippen molar-refractivity contribution in [2.75, 3.05) is 38.0 Å². The molecule has 0 aliphatic carbocycles. The first-order valence-corrected chi connectivity index (χ1v) is 12.1. The third kappa shape index (κ3) is 6.19. The molecule has 0 aromatic heterocycles. The fraction of sp³-hybridized carbons (Fsp3) is 0.250. The molecule has 0 spiro atoms. The van der Waals surface area contributed by atoms with Gasteiger partial charge in [0.25, 0.3) is 0 Å². The lowest BCUT2D eigenvalue weighted by molar-refractivity contribution is 0.103. The third-order valence-corrected chi connectivity index (χ3v) is 6.41. The number of carbonyl (C=O) groups is 2. The van der Waals surface area contributed by atoms with E-state index in [1.54, 1.807) is 12.2 Å². The van der Waals surface area contributed by atoms with Crippen LogP contribution in [0.5, 0.6) is 0 Å². The first-order valence-electron chi connectivity index (χ1n) is 12.1. The molecule has 3 aromatic rings. The molecular weight excluding hydrogens is 444 g/mol. The molecule has 0 heterocycles. The standard InChI is InChI=1S/C32H36N2O2/c1-21-17-26(12-16-32(36)28-10-14-30(34(7)8)24(4)20-28)22(2)18-25(21)11-15-31(35)27-9-13-29(33(5)6)23(3)19-27/h9-20H,1-8H3. The van der Waals surface area contributed by atoms with E-state index >= 15 is 0 Å². The van der Waals surface area contributed by atoms with Crippen LogP contribution in [0.15, 0.2) is 60.7 Å². The van der Waals surface area contributed by atoms with E-state index in [2.05, 4.69) is 12.1 Å². The SMILES string of the molecule is Cc1cc(C=CC(=O)c2ccc(N(C)C)c(C)c2)c(C)cc1C=CC(=O)c1ccc(N(C)C)c(C)c1. The smallest absolute Gasteiger partial charge is 0.185 e. The molecule has 0 aliphatic rings.